The summed E-state index contributed by atoms with van der Waals surface area (Å²) < 4.78 is 1.93. The number of hydrogen-bond acceptors (Lipinski definition) is 6. The van der Waals surface area contributed by atoms with Crippen LogP contribution >= 0.6 is 11.3 Å². The fraction of sp³-hybridized carbons (Fsp3) is 0.600. The highest BCUT2D eigenvalue weighted by atomic mass is 32.1. The monoisotopic (exact) mass is 334 g/mol. The van der Waals surface area contributed by atoms with Crippen LogP contribution in [0.1, 0.15) is 52.8 Å². The lowest BCUT2D eigenvalue weighted by atomic mass is 10.1. The maximum atomic E-state index is 12.6. The van der Waals surface area contributed by atoms with Crippen LogP contribution in [0.4, 0.5) is 5.13 Å². The van der Waals surface area contributed by atoms with Gasteiger partial charge in [-0.1, -0.05) is 18.3 Å². The minimum atomic E-state index is -0.0763. The average molecular weight is 334 g/mol. The van der Waals surface area contributed by atoms with Crippen LogP contribution in [0.5, 0.6) is 0 Å². The van der Waals surface area contributed by atoms with Crippen LogP contribution in [0.25, 0.3) is 0 Å². The van der Waals surface area contributed by atoms with Gasteiger partial charge in [-0.15, -0.1) is 0 Å². The molecule has 7 nitrogen and oxygen atoms in total. The molecule has 0 spiro atoms. The zero-order valence-electron chi connectivity index (χ0n) is 14.0. The first-order chi connectivity index (χ1) is 11.0. The number of aromatic nitrogens is 4. The van der Waals surface area contributed by atoms with Gasteiger partial charge in [0.25, 0.3) is 5.91 Å². The molecule has 0 bridgehead atoms. The summed E-state index contributed by atoms with van der Waals surface area (Å²) >= 11 is 1.42. The molecule has 0 radical (unpaired) electrons. The van der Waals surface area contributed by atoms with Crippen molar-refractivity contribution in [3.63, 3.8) is 0 Å². The summed E-state index contributed by atoms with van der Waals surface area (Å²) in [6.07, 6.45) is 2.70. The van der Waals surface area contributed by atoms with Crippen molar-refractivity contribution in [3.8, 4) is 0 Å². The van der Waals surface area contributed by atoms with Crippen molar-refractivity contribution >= 4 is 22.4 Å². The van der Waals surface area contributed by atoms with E-state index in [4.69, 9.17) is 0 Å². The number of anilines is 1. The largest absolute Gasteiger partial charge is 0.354 e. The fourth-order valence-electron chi connectivity index (χ4n) is 2.69. The van der Waals surface area contributed by atoms with E-state index < -0.39 is 0 Å². The molecule has 1 aliphatic rings. The molecule has 0 saturated heterocycles. The highest BCUT2D eigenvalue weighted by molar-refractivity contribution is 7.17. The summed E-state index contributed by atoms with van der Waals surface area (Å²) in [4.78, 5) is 24.2. The minimum absolute atomic E-state index is 0.0756. The quantitative estimate of drug-likeness (QED) is 0.925. The summed E-state index contributed by atoms with van der Waals surface area (Å²) in [5.74, 6) is 1.63. The third-order valence-corrected chi connectivity index (χ3v) is 5.24. The van der Waals surface area contributed by atoms with Crippen molar-refractivity contribution in [1.82, 2.24) is 25.1 Å². The molecule has 2 aromatic heterocycles. The Labute approximate surface area is 139 Å². The van der Waals surface area contributed by atoms with Crippen molar-refractivity contribution in [2.24, 2.45) is 0 Å². The molecule has 1 amide bonds. The van der Waals surface area contributed by atoms with Gasteiger partial charge in [-0.05, 0) is 19.8 Å². The van der Waals surface area contributed by atoms with Crippen LogP contribution in [0.15, 0.2) is 0 Å². The second-order valence-corrected chi connectivity index (χ2v) is 6.91. The molecular weight excluding hydrogens is 312 g/mol. The number of nitrogens with one attached hydrogen (secondary N) is 1. The van der Waals surface area contributed by atoms with Gasteiger partial charge in [0, 0.05) is 27.1 Å². The zero-order valence-corrected chi connectivity index (χ0v) is 14.8. The summed E-state index contributed by atoms with van der Waals surface area (Å²) in [5, 5.41) is 8.43. The van der Waals surface area contributed by atoms with Gasteiger partial charge in [0.15, 0.2) is 11.0 Å². The van der Waals surface area contributed by atoms with Crippen molar-refractivity contribution < 1.29 is 4.79 Å². The van der Waals surface area contributed by atoms with Gasteiger partial charge < -0.3 is 10.2 Å². The first kappa shape index (κ1) is 15.9. The maximum Gasteiger partial charge on any atom is 0.263 e. The van der Waals surface area contributed by atoms with Gasteiger partial charge in [-0.2, -0.15) is 5.10 Å². The van der Waals surface area contributed by atoms with Crippen molar-refractivity contribution in [1.29, 1.82) is 0 Å². The van der Waals surface area contributed by atoms with E-state index in [-0.39, 0.29) is 11.9 Å². The van der Waals surface area contributed by atoms with Gasteiger partial charge >= 0.3 is 0 Å². The molecule has 1 aliphatic heterocycles. The van der Waals surface area contributed by atoms with E-state index in [2.05, 4.69) is 20.4 Å². The van der Waals surface area contributed by atoms with E-state index in [0.717, 1.165) is 48.3 Å². The van der Waals surface area contributed by atoms with Crippen LogP contribution in [0.2, 0.25) is 0 Å². The molecule has 3 rings (SSSR count). The van der Waals surface area contributed by atoms with Gasteiger partial charge in [0.1, 0.15) is 10.7 Å². The van der Waals surface area contributed by atoms with Crippen molar-refractivity contribution in [3.05, 3.63) is 22.2 Å². The number of thiazole rings is 1. The molecule has 3 heterocycles. The van der Waals surface area contributed by atoms with Crippen LogP contribution in [0.3, 0.4) is 0 Å². The summed E-state index contributed by atoms with van der Waals surface area (Å²) in [6.45, 7) is 4.79. The highest BCUT2D eigenvalue weighted by Crippen LogP contribution is 2.27. The lowest BCUT2D eigenvalue weighted by Gasteiger charge is -2.22. The van der Waals surface area contributed by atoms with E-state index in [1.165, 1.54) is 11.3 Å². The lowest BCUT2D eigenvalue weighted by molar-refractivity contribution is 0.0930. The molecule has 23 heavy (non-hydrogen) atoms. The van der Waals surface area contributed by atoms with Crippen molar-refractivity contribution in [2.75, 3.05) is 19.0 Å². The molecule has 2 aromatic rings. The first-order valence-corrected chi connectivity index (χ1v) is 8.70. The van der Waals surface area contributed by atoms with Crippen LogP contribution in [-0.2, 0) is 13.0 Å². The molecule has 124 valence electrons. The number of rotatable bonds is 4. The van der Waals surface area contributed by atoms with E-state index in [1.807, 2.05) is 37.5 Å². The Balaban J connectivity index is 1.80. The Hall–Kier alpha value is -1.96. The minimum Gasteiger partial charge on any atom is -0.354 e. The molecular formula is C15H22N6OS. The second-order valence-electron chi connectivity index (χ2n) is 5.94. The Kier molecular flexibility index (Phi) is 4.34. The predicted molar refractivity (Wildman–Crippen MR) is 90.0 cm³/mol. The number of carbonyl (C=O) groups is 1. The number of hydrogen-bond donors (Lipinski definition) is 1. The molecule has 0 unspecified atom stereocenters. The number of aryl methyl sites for hydroxylation is 3. The molecule has 1 atom stereocenters. The number of nitrogens with zero attached hydrogens (tertiary/aromatic N) is 5. The van der Waals surface area contributed by atoms with Crippen LogP contribution in [0, 0.1) is 6.92 Å². The first-order valence-electron chi connectivity index (χ1n) is 7.88. The SMILES string of the molecule is CCc1nc2n(n1)CCC[C@@H]2NC(=O)c1sc(N(C)C)nc1C. The average Bonchev–Trinajstić information content (AvgIpc) is 3.11. The van der Waals surface area contributed by atoms with Crippen LogP contribution in [-0.4, -0.2) is 39.8 Å². The highest BCUT2D eigenvalue weighted by Gasteiger charge is 2.27. The third kappa shape index (κ3) is 3.08. The van der Waals surface area contributed by atoms with Gasteiger partial charge in [-0.3, -0.25) is 4.79 Å². The van der Waals surface area contributed by atoms with E-state index in [0.29, 0.717) is 4.88 Å². The zero-order chi connectivity index (χ0) is 16.6. The van der Waals surface area contributed by atoms with E-state index >= 15 is 0 Å². The molecule has 8 heteroatoms. The van der Waals surface area contributed by atoms with Crippen molar-refractivity contribution in [2.45, 2.75) is 45.7 Å². The summed E-state index contributed by atoms with van der Waals surface area (Å²) in [6, 6.07) is -0.0756. The molecule has 0 aliphatic carbocycles. The predicted octanol–water partition coefficient (Wildman–Crippen LogP) is 1.94. The second kappa shape index (κ2) is 6.27. The topological polar surface area (TPSA) is 75.9 Å². The standard InChI is InChI=1S/C15H22N6OS/c1-5-11-18-13-10(7-6-8-21(13)19-11)17-14(22)12-9(2)16-15(23-12)20(3)4/h10H,5-8H2,1-4H3,(H,17,22)/t10-/m0/s1. The summed E-state index contributed by atoms with van der Waals surface area (Å²) in [7, 11) is 3.85. The van der Waals surface area contributed by atoms with Gasteiger partial charge in [0.05, 0.1) is 11.7 Å². The normalized spacial score (nSPS) is 17.0. The molecule has 0 aromatic carbocycles. The smallest absolute Gasteiger partial charge is 0.263 e. The maximum absolute atomic E-state index is 12.6. The Bertz CT molecular complexity index is 720. The Morgan fingerprint density at radius 1 is 1.43 bits per heavy atom. The Morgan fingerprint density at radius 2 is 2.22 bits per heavy atom. The molecule has 0 fully saturated rings. The molecule has 1 N–H and O–H groups in total. The number of amides is 1. The molecule has 0 saturated carbocycles. The van der Waals surface area contributed by atoms with Crippen LogP contribution < -0.4 is 10.2 Å². The van der Waals surface area contributed by atoms with E-state index in [1.54, 1.807) is 0 Å². The lowest BCUT2D eigenvalue weighted by Crippen LogP contribution is -2.33. The van der Waals surface area contributed by atoms with Gasteiger partial charge in [0.2, 0.25) is 0 Å². The summed E-state index contributed by atoms with van der Waals surface area (Å²) in [5.41, 5.74) is 0.766. The number of fused-ring (bicyclic) bond motifs is 1. The van der Waals surface area contributed by atoms with Gasteiger partial charge in [-0.25, -0.2) is 14.6 Å². The third-order valence-electron chi connectivity index (χ3n) is 3.91. The number of carbonyl (C=O) groups excluding carboxylic acids is 1. The fourth-order valence-corrected chi connectivity index (χ4v) is 3.59. The Morgan fingerprint density at radius 3 is 2.87 bits per heavy atom. The van der Waals surface area contributed by atoms with E-state index in [9.17, 15) is 4.79 Å².